The molecule has 1 aromatic heterocycles. The fraction of sp³-hybridized carbons (Fsp3) is 0.231. The minimum atomic E-state index is 0.140. The molecule has 0 aliphatic carbocycles. The zero-order chi connectivity index (χ0) is 12.3. The number of aryl methyl sites for hydroxylation is 2. The lowest BCUT2D eigenvalue weighted by molar-refractivity contribution is 0.102. The van der Waals surface area contributed by atoms with Crippen LogP contribution < -0.4 is 0 Å². The molecule has 0 aliphatic heterocycles. The Morgan fingerprint density at radius 2 is 2.29 bits per heavy atom. The van der Waals surface area contributed by atoms with Crippen LogP contribution in [0, 0.1) is 6.92 Å². The molecular formula is C13H14N2OS. The molecule has 0 unspecified atom stereocenters. The molecule has 0 aliphatic rings. The van der Waals surface area contributed by atoms with Crippen LogP contribution in [0.2, 0.25) is 0 Å². The number of carbonyl (C=O) groups excluding carboxylic acids is 1. The van der Waals surface area contributed by atoms with Crippen molar-refractivity contribution < 1.29 is 4.79 Å². The van der Waals surface area contributed by atoms with Gasteiger partial charge in [-0.05, 0) is 13.0 Å². The second-order valence-electron chi connectivity index (χ2n) is 3.90. The Labute approximate surface area is 105 Å². The number of carbonyl (C=O) groups is 1. The highest BCUT2D eigenvalue weighted by Crippen LogP contribution is 2.16. The zero-order valence-electron chi connectivity index (χ0n) is 9.88. The lowest BCUT2D eigenvalue weighted by Gasteiger charge is -2.02. The van der Waals surface area contributed by atoms with Gasteiger partial charge in [0.25, 0.3) is 0 Å². The Morgan fingerprint density at radius 1 is 1.47 bits per heavy atom. The quantitative estimate of drug-likeness (QED) is 0.614. The second-order valence-corrected chi connectivity index (χ2v) is 4.84. The maximum absolute atomic E-state index is 11.9. The maximum Gasteiger partial charge on any atom is 0.173 e. The van der Waals surface area contributed by atoms with Gasteiger partial charge in [-0.2, -0.15) is 0 Å². The van der Waals surface area contributed by atoms with Crippen LogP contribution in [0.4, 0.5) is 0 Å². The van der Waals surface area contributed by atoms with E-state index in [9.17, 15) is 4.79 Å². The predicted octanol–water partition coefficient (Wildman–Crippen LogP) is 2.70. The third kappa shape index (κ3) is 2.97. The SMILES string of the molecule is Cc1cccc(C(=O)CSc2nccn2C)c1. The summed E-state index contributed by atoms with van der Waals surface area (Å²) in [6.07, 6.45) is 3.61. The Bertz CT molecular complexity index is 534. The number of imidazole rings is 1. The number of hydrogen-bond acceptors (Lipinski definition) is 3. The van der Waals surface area contributed by atoms with E-state index in [1.165, 1.54) is 11.8 Å². The number of thioether (sulfide) groups is 1. The number of Topliss-reactive ketones (excluding diaryl/α,β-unsaturated/α-hetero) is 1. The average molecular weight is 246 g/mol. The highest BCUT2D eigenvalue weighted by Gasteiger charge is 2.08. The summed E-state index contributed by atoms with van der Waals surface area (Å²) in [6, 6.07) is 7.67. The Morgan fingerprint density at radius 3 is 2.94 bits per heavy atom. The van der Waals surface area contributed by atoms with Gasteiger partial charge < -0.3 is 4.57 Å². The maximum atomic E-state index is 11.9. The van der Waals surface area contributed by atoms with Crippen molar-refractivity contribution in [3.8, 4) is 0 Å². The molecule has 4 heteroatoms. The molecule has 2 aromatic rings. The number of rotatable bonds is 4. The first-order valence-electron chi connectivity index (χ1n) is 5.37. The van der Waals surface area contributed by atoms with Gasteiger partial charge in [0.2, 0.25) is 0 Å². The van der Waals surface area contributed by atoms with Crippen molar-refractivity contribution in [2.75, 3.05) is 5.75 Å². The Balaban J connectivity index is 2.01. The van der Waals surface area contributed by atoms with Crippen LogP contribution in [-0.4, -0.2) is 21.1 Å². The fourth-order valence-electron chi connectivity index (χ4n) is 1.52. The normalized spacial score (nSPS) is 10.5. The first-order chi connectivity index (χ1) is 8.16. The standard InChI is InChI=1S/C13H14N2OS/c1-10-4-3-5-11(8-10)12(16)9-17-13-14-6-7-15(13)2/h3-8H,9H2,1-2H3. The van der Waals surface area contributed by atoms with Crippen molar-refractivity contribution >= 4 is 17.5 Å². The summed E-state index contributed by atoms with van der Waals surface area (Å²) < 4.78 is 1.91. The van der Waals surface area contributed by atoms with Crippen molar-refractivity contribution in [2.24, 2.45) is 7.05 Å². The molecule has 1 heterocycles. The van der Waals surface area contributed by atoms with Gasteiger partial charge in [-0.15, -0.1) is 0 Å². The molecule has 2 rings (SSSR count). The number of ketones is 1. The van der Waals surface area contributed by atoms with Gasteiger partial charge in [0.1, 0.15) is 0 Å². The van der Waals surface area contributed by atoms with E-state index in [0.717, 1.165) is 16.3 Å². The number of aromatic nitrogens is 2. The second kappa shape index (κ2) is 5.19. The summed E-state index contributed by atoms with van der Waals surface area (Å²) >= 11 is 1.46. The van der Waals surface area contributed by atoms with E-state index in [2.05, 4.69) is 4.98 Å². The molecule has 0 bridgehead atoms. The molecule has 17 heavy (non-hydrogen) atoms. The van der Waals surface area contributed by atoms with Crippen molar-refractivity contribution in [1.29, 1.82) is 0 Å². The molecule has 0 radical (unpaired) electrons. The Kier molecular flexibility index (Phi) is 3.64. The summed E-state index contributed by atoms with van der Waals surface area (Å²) in [5, 5.41) is 0.867. The van der Waals surface area contributed by atoms with Gasteiger partial charge in [0.05, 0.1) is 5.75 Å². The minimum absolute atomic E-state index is 0.140. The van der Waals surface area contributed by atoms with Gasteiger partial charge in [0.15, 0.2) is 10.9 Å². The molecule has 1 aromatic carbocycles. The van der Waals surface area contributed by atoms with Crippen LogP contribution in [0.3, 0.4) is 0 Å². The topological polar surface area (TPSA) is 34.9 Å². The van der Waals surface area contributed by atoms with Crippen molar-refractivity contribution in [2.45, 2.75) is 12.1 Å². The Hall–Kier alpha value is -1.55. The summed E-state index contributed by atoms with van der Waals surface area (Å²) in [5.74, 6) is 0.565. The van der Waals surface area contributed by atoms with E-state index >= 15 is 0 Å². The van der Waals surface area contributed by atoms with E-state index in [1.807, 2.05) is 49.0 Å². The molecule has 0 saturated heterocycles. The number of benzene rings is 1. The van der Waals surface area contributed by atoms with Crippen LogP contribution in [0.25, 0.3) is 0 Å². The molecule has 0 saturated carbocycles. The van der Waals surface area contributed by atoms with E-state index in [-0.39, 0.29) is 5.78 Å². The highest BCUT2D eigenvalue weighted by molar-refractivity contribution is 7.99. The third-order valence-electron chi connectivity index (χ3n) is 2.45. The predicted molar refractivity (Wildman–Crippen MR) is 69.4 cm³/mol. The largest absolute Gasteiger partial charge is 0.329 e. The van der Waals surface area contributed by atoms with Crippen LogP contribution in [-0.2, 0) is 7.05 Å². The molecule has 88 valence electrons. The lowest BCUT2D eigenvalue weighted by Crippen LogP contribution is -2.03. The molecular weight excluding hydrogens is 232 g/mol. The van der Waals surface area contributed by atoms with Gasteiger partial charge in [-0.3, -0.25) is 4.79 Å². The van der Waals surface area contributed by atoms with E-state index in [4.69, 9.17) is 0 Å². The smallest absolute Gasteiger partial charge is 0.173 e. The average Bonchev–Trinajstić information content (AvgIpc) is 2.72. The van der Waals surface area contributed by atoms with Crippen molar-refractivity contribution in [1.82, 2.24) is 9.55 Å². The number of hydrogen-bond donors (Lipinski definition) is 0. The van der Waals surface area contributed by atoms with Crippen LogP contribution >= 0.6 is 11.8 Å². The fourth-order valence-corrected chi connectivity index (χ4v) is 2.35. The highest BCUT2D eigenvalue weighted by atomic mass is 32.2. The van der Waals surface area contributed by atoms with Crippen LogP contribution in [0.1, 0.15) is 15.9 Å². The molecule has 0 spiro atoms. The summed E-state index contributed by atoms with van der Waals surface area (Å²) in [5.41, 5.74) is 1.88. The third-order valence-corrected chi connectivity index (χ3v) is 3.51. The zero-order valence-corrected chi connectivity index (χ0v) is 10.7. The lowest BCUT2D eigenvalue weighted by atomic mass is 10.1. The van der Waals surface area contributed by atoms with Crippen LogP contribution in [0.5, 0.6) is 0 Å². The van der Waals surface area contributed by atoms with Crippen molar-refractivity contribution in [3.63, 3.8) is 0 Å². The van der Waals surface area contributed by atoms with Gasteiger partial charge in [-0.1, -0.05) is 35.5 Å². The molecule has 3 nitrogen and oxygen atoms in total. The van der Waals surface area contributed by atoms with Gasteiger partial charge in [-0.25, -0.2) is 4.98 Å². The molecule has 0 atom stereocenters. The van der Waals surface area contributed by atoms with Gasteiger partial charge >= 0.3 is 0 Å². The monoisotopic (exact) mass is 246 g/mol. The van der Waals surface area contributed by atoms with E-state index in [1.54, 1.807) is 6.20 Å². The van der Waals surface area contributed by atoms with Crippen molar-refractivity contribution in [3.05, 3.63) is 47.8 Å². The summed E-state index contributed by atoms with van der Waals surface area (Å²) in [6.45, 7) is 1.99. The van der Waals surface area contributed by atoms with E-state index in [0.29, 0.717) is 5.75 Å². The van der Waals surface area contributed by atoms with E-state index < -0.39 is 0 Å². The first kappa shape index (κ1) is 11.9. The van der Waals surface area contributed by atoms with Gasteiger partial charge in [0, 0.05) is 25.0 Å². The molecule has 0 N–H and O–H groups in total. The van der Waals surface area contributed by atoms with Crippen LogP contribution in [0.15, 0.2) is 41.8 Å². The molecule has 0 amide bonds. The summed E-state index contributed by atoms with van der Waals surface area (Å²) in [7, 11) is 1.92. The molecule has 0 fully saturated rings. The summed E-state index contributed by atoms with van der Waals surface area (Å²) in [4.78, 5) is 16.1. The first-order valence-corrected chi connectivity index (χ1v) is 6.35. The number of nitrogens with zero attached hydrogens (tertiary/aromatic N) is 2. The minimum Gasteiger partial charge on any atom is -0.329 e.